The van der Waals surface area contributed by atoms with Gasteiger partial charge in [-0.25, -0.2) is 0 Å². The molecule has 0 saturated heterocycles. The van der Waals surface area contributed by atoms with E-state index in [0.717, 1.165) is 15.6 Å². The van der Waals surface area contributed by atoms with Crippen LogP contribution in [0.1, 0.15) is 17.2 Å². The molecule has 0 bridgehead atoms. The van der Waals surface area contributed by atoms with E-state index in [2.05, 4.69) is 15.9 Å². The van der Waals surface area contributed by atoms with Gasteiger partial charge in [-0.2, -0.15) is 0 Å². The summed E-state index contributed by atoms with van der Waals surface area (Å²) < 4.78 is 6.64. The molecule has 106 valence electrons. The molecule has 2 rings (SSSR count). The molecule has 2 aromatic rings. The van der Waals surface area contributed by atoms with Gasteiger partial charge >= 0.3 is 0 Å². The molecule has 20 heavy (non-hydrogen) atoms. The highest BCUT2D eigenvalue weighted by molar-refractivity contribution is 9.10. The Balaban J connectivity index is 2.29. The summed E-state index contributed by atoms with van der Waals surface area (Å²) in [6.07, 6.45) is -0.260. The Morgan fingerprint density at radius 2 is 1.95 bits per heavy atom. The van der Waals surface area contributed by atoms with Crippen LogP contribution in [0.2, 0.25) is 10.0 Å². The summed E-state index contributed by atoms with van der Waals surface area (Å²) in [6.45, 7) is 2.38. The third-order valence-corrected chi connectivity index (χ3v) is 4.36. The average molecular weight is 375 g/mol. The molecule has 1 unspecified atom stereocenters. The molecule has 2 nitrogen and oxygen atoms in total. The number of halogens is 3. The van der Waals surface area contributed by atoms with Crippen LogP contribution in [0.4, 0.5) is 0 Å². The molecule has 5 heteroatoms. The van der Waals surface area contributed by atoms with E-state index in [4.69, 9.17) is 33.7 Å². The van der Waals surface area contributed by atoms with Crippen molar-refractivity contribution < 1.29 is 4.74 Å². The Labute approximate surface area is 137 Å². The van der Waals surface area contributed by atoms with E-state index in [1.165, 1.54) is 0 Å². The summed E-state index contributed by atoms with van der Waals surface area (Å²) in [5.74, 6) is 0.525. The second kappa shape index (κ2) is 6.81. The SMILES string of the molecule is Cc1cccc(C(CN)Oc2cc(Cl)c(Br)cc2Cl)c1. The van der Waals surface area contributed by atoms with Crippen molar-refractivity contribution in [2.45, 2.75) is 13.0 Å². The normalized spacial score (nSPS) is 12.2. The first-order valence-electron chi connectivity index (χ1n) is 6.09. The van der Waals surface area contributed by atoms with Crippen LogP contribution >= 0.6 is 39.1 Å². The zero-order chi connectivity index (χ0) is 14.7. The lowest BCUT2D eigenvalue weighted by Crippen LogP contribution is -2.18. The summed E-state index contributed by atoms with van der Waals surface area (Å²) in [4.78, 5) is 0. The summed E-state index contributed by atoms with van der Waals surface area (Å²) in [7, 11) is 0. The molecule has 0 amide bonds. The van der Waals surface area contributed by atoms with E-state index in [1.54, 1.807) is 12.1 Å². The number of hydrogen-bond acceptors (Lipinski definition) is 2. The van der Waals surface area contributed by atoms with Crippen LogP contribution in [0, 0.1) is 6.92 Å². The monoisotopic (exact) mass is 373 g/mol. The molecule has 0 aromatic heterocycles. The predicted octanol–water partition coefficient (Wildman–Crippen LogP) is 5.14. The highest BCUT2D eigenvalue weighted by atomic mass is 79.9. The molecule has 2 aromatic carbocycles. The summed E-state index contributed by atoms with van der Waals surface area (Å²) in [5.41, 5.74) is 7.98. The van der Waals surface area contributed by atoms with Crippen molar-refractivity contribution in [3.05, 3.63) is 62.0 Å². The van der Waals surface area contributed by atoms with Gasteiger partial charge in [0.2, 0.25) is 0 Å². The lowest BCUT2D eigenvalue weighted by molar-refractivity contribution is 0.214. The molecule has 0 heterocycles. The quantitative estimate of drug-likeness (QED) is 0.751. The van der Waals surface area contributed by atoms with Crippen LogP contribution in [0.25, 0.3) is 0 Å². The third kappa shape index (κ3) is 3.67. The number of aryl methyl sites for hydroxylation is 1. The van der Waals surface area contributed by atoms with Gasteiger partial charge in [-0.15, -0.1) is 0 Å². The molecule has 2 N–H and O–H groups in total. The first-order valence-corrected chi connectivity index (χ1v) is 7.64. The predicted molar refractivity (Wildman–Crippen MR) is 87.8 cm³/mol. The molecule has 0 aliphatic heterocycles. The highest BCUT2D eigenvalue weighted by Crippen LogP contribution is 2.36. The molecule has 1 atom stereocenters. The van der Waals surface area contributed by atoms with Crippen LogP contribution in [0.15, 0.2) is 40.9 Å². The first-order chi connectivity index (χ1) is 9.51. The van der Waals surface area contributed by atoms with Gasteiger partial charge in [-0.3, -0.25) is 0 Å². The third-order valence-electron chi connectivity index (χ3n) is 2.87. The van der Waals surface area contributed by atoms with Crippen molar-refractivity contribution in [3.63, 3.8) is 0 Å². The molecule has 0 saturated carbocycles. The van der Waals surface area contributed by atoms with Gasteiger partial charge in [0.15, 0.2) is 0 Å². The van der Waals surface area contributed by atoms with Crippen molar-refractivity contribution in [2.75, 3.05) is 6.54 Å². The average Bonchev–Trinajstić information content (AvgIpc) is 2.41. The highest BCUT2D eigenvalue weighted by Gasteiger charge is 2.15. The molecular weight excluding hydrogens is 361 g/mol. The van der Waals surface area contributed by atoms with E-state index in [1.807, 2.05) is 31.2 Å². The van der Waals surface area contributed by atoms with Crippen molar-refractivity contribution in [2.24, 2.45) is 5.73 Å². The minimum atomic E-state index is -0.260. The number of benzene rings is 2. The number of ether oxygens (including phenoxy) is 1. The van der Waals surface area contributed by atoms with Crippen LogP contribution in [-0.4, -0.2) is 6.54 Å². The smallest absolute Gasteiger partial charge is 0.140 e. The van der Waals surface area contributed by atoms with Gasteiger partial charge in [-0.05, 0) is 34.5 Å². The second-order valence-electron chi connectivity index (χ2n) is 4.45. The lowest BCUT2D eigenvalue weighted by atomic mass is 10.1. The maximum Gasteiger partial charge on any atom is 0.140 e. The topological polar surface area (TPSA) is 35.2 Å². The fourth-order valence-corrected chi connectivity index (χ4v) is 2.71. The van der Waals surface area contributed by atoms with Gasteiger partial charge in [0, 0.05) is 17.1 Å². The van der Waals surface area contributed by atoms with Crippen molar-refractivity contribution in [1.29, 1.82) is 0 Å². The van der Waals surface area contributed by atoms with E-state index < -0.39 is 0 Å². The van der Waals surface area contributed by atoms with Crippen LogP contribution in [0.5, 0.6) is 5.75 Å². The Bertz CT molecular complexity index is 619. The molecule has 0 spiro atoms. The fraction of sp³-hybridized carbons (Fsp3) is 0.200. The van der Waals surface area contributed by atoms with E-state index in [0.29, 0.717) is 22.3 Å². The lowest BCUT2D eigenvalue weighted by Gasteiger charge is -2.19. The van der Waals surface area contributed by atoms with Gasteiger partial charge < -0.3 is 10.5 Å². The minimum Gasteiger partial charge on any atom is -0.483 e. The summed E-state index contributed by atoms with van der Waals surface area (Å²) in [6, 6.07) is 11.4. The minimum absolute atomic E-state index is 0.260. The second-order valence-corrected chi connectivity index (χ2v) is 6.12. The molecular formula is C15H14BrCl2NO. The maximum atomic E-state index is 6.17. The van der Waals surface area contributed by atoms with Crippen LogP contribution in [-0.2, 0) is 0 Å². The number of rotatable bonds is 4. The van der Waals surface area contributed by atoms with Gasteiger partial charge in [0.1, 0.15) is 11.9 Å². The van der Waals surface area contributed by atoms with Gasteiger partial charge in [0.25, 0.3) is 0 Å². The van der Waals surface area contributed by atoms with Crippen molar-refractivity contribution in [3.8, 4) is 5.75 Å². The largest absolute Gasteiger partial charge is 0.483 e. The maximum absolute atomic E-state index is 6.17. The standard InChI is InChI=1S/C15H14BrCl2NO/c1-9-3-2-4-10(5-9)15(8-19)20-14-7-12(17)11(16)6-13(14)18/h2-7,15H,8,19H2,1H3. The zero-order valence-corrected chi connectivity index (χ0v) is 14.0. The Morgan fingerprint density at radius 1 is 1.20 bits per heavy atom. The van der Waals surface area contributed by atoms with E-state index >= 15 is 0 Å². The molecule has 0 fully saturated rings. The number of hydrogen-bond donors (Lipinski definition) is 1. The van der Waals surface area contributed by atoms with E-state index in [-0.39, 0.29) is 6.10 Å². The van der Waals surface area contributed by atoms with Gasteiger partial charge in [0.05, 0.1) is 10.0 Å². The Morgan fingerprint density at radius 3 is 2.60 bits per heavy atom. The first kappa shape index (κ1) is 15.6. The molecule has 0 radical (unpaired) electrons. The Kier molecular flexibility index (Phi) is 5.33. The van der Waals surface area contributed by atoms with Crippen LogP contribution < -0.4 is 10.5 Å². The Hall–Kier alpha value is -0.740. The zero-order valence-electron chi connectivity index (χ0n) is 10.9. The van der Waals surface area contributed by atoms with Crippen LogP contribution in [0.3, 0.4) is 0 Å². The van der Waals surface area contributed by atoms with Crippen molar-refractivity contribution in [1.82, 2.24) is 0 Å². The van der Waals surface area contributed by atoms with E-state index in [9.17, 15) is 0 Å². The van der Waals surface area contributed by atoms with Gasteiger partial charge in [-0.1, -0.05) is 53.0 Å². The molecule has 0 aliphatic carbocycles. The summed E-state index contributed by atoms with van der Waals surface area (Å²) in [5, 5.41) is 1.04. The fourth-order valence-electron chi connectivity index (χ4n) is 1.87. The van der Waals surface area contributed by atoms with Crippen molar-refractivity contribution >= 4 is 39.1 Å². The molecule has 0 aliphatic rings. The summed E-state index contributed by atoms with van der Waals surface area (Å²) >= 11 is 15.6. The number of nitrogens with two attached hydrogens (primary N) is 1.